The minimum atomic E-state index is 0.0659. The van der Waals surface area contributed by atoms with Crippen molar-refractivity contribution in [2.45, 2.75) is 13.3 Å². The van der Waals surface area contributed by atoms with Gasteiger partial charge in [-0.3, -0.25) is 4.79 Å². The first-order valence-corrected chi connectivity index (χ1v) is 6.19. The second-order valence-corrected chi connectivity index (χ2v) is 4.83. The number of carbonyl (C=O) groups excluding carboxylic acids is 1. The Morgan fingerprint density at radius 1 is 1.44 bits per heavy atom. The Kier molecular flexibility index (Phi) is 2.80. The van der Waals surface area contributed by atoms with E-state index in [1.165, 1.54) is 0 Å². The molecule has 1 amide bonds. The molecule has 2 aromatic rings. The molecular formula is C14H16N2O2. The van der Waals surface area contributed by atoms with Crippen LogP contribution in [-0.4, -0.2) is 24.1 Å². The van der Waals surface area contributed by atoms with E-state index >= 15 is 0 Å². The number of rotatable bonds is 3. The van der Waals surface area contributed by atoms with E-state index in [9.17, 15) is 4.79 Å². The van der Waals surface area contributed by atoms with E-state index in [0.29, 0.717) is 25.6 Å². The van der Waals surface area contributed by atoms with Crippen LogP contribution in [0, 0.1) is 12.8 Å². The number of benzene rings is 1. The number of nitrogens with one attached hydrogen (secondary N) is 2. The molecule has 2 N–H and O–H groups in total. The number of hydrogen-bond donors (Lipinski definition) is 2. The van der Waals surface area contributed by atoms with Crippen LogP contribution in [0.1, 0.15) is 12.1 Å². The molecule has 2 heterocycles. The number of H-pyrrole nitrogens is 1. The zero-order valence-corrected chi connectivity index (χ0v) is 10.3. The summed E-state index contributed by atoms with van der Waals surface area (Å²) in [6.07, 6.45) is 0.541. The van der Waals surface area contributed by atoms with Gasteiger partial charge in [0.25, 0.3) is 0 Å². The van der Waals surface area contributed by atoms with Crippen LogP contribution in [0.3, 0.4) is 0 Å². The van der Waals surface area contributed by atoms with Gasteiger partial charge in [0, 0.05) is 28.9 Å². The van der Waals surface area contributed by atoms with E-state index in [0.717, 1.165) is 22.3 Å². The highest BCUT2D eigenvalue weighted by atomic mass is 16.5. The number of hydrogen-bond acceptors (Lipinski definition) is 2. The monoisotopic (exact) mass is 244 g/mol. The van der Waals surface area contributed by atoms with Gasteiger partial charge in [0.05, 0.1) is 18.9 Å². The van der Waals surface area contributed by atoms with Crippen LogP contribution < -0.4 is 5.32 Å². The molecule has 1 aromatic heterocycles. The lowest BCUT2D eigenvalue weighted by Crippen LogP contribution is -2.31. The highest BCUT2D eigenvalue weighted by molar-refractivity contribution is 6.03. The minimum absolute atomic E-state index is 0.0659. The Morgan fingerprint density at radius 2 is 2.22 bits per heavy atom. The van der Waals surface area contributed by atoms with Crippen molar-refractivity contribution in [3.8, 4) is 0 Å². The first kappa shape index (κ1) is 11.3. The molecule has 3 rings (SSSR count). The summed E-state index contributed by atoms with van der Waals surface area (Å²) in [5.74, 6) is 0.451. The molecule has 18 heavy (non-hydrogen) atoms. The predicted octanol–water partition coefficient (Wildman–Crippen LogP) is 2.45. The maximum atomic E-state index is 11.9. The third-order valence-corrected chi connectivity index (χ3v) is 3.34. The van der Waals surface area contributed by atoms with Gasteiger partial charge in [-0.1, -0.05) is 18.2 Å². The molecule has 1 saturated heterocycles. The maximum absolute atomic E-state index is 11.9. The predicted molar refractivity (Wildman–Crippen MR) is 70.6 cm³/mol. The van der Waals surface area contributed by atoms with Gasteiger partial charge >= 0.3 is 0 Å². The Bertz CT molecular complexity index is 584. The molecule has 1 aliphatic rings. The van der Waals surface area contributed by atoms with Gasteiger partial charge in [-0.15, -0.1) is 0 Å². The zero-order valence-electron chi connectivity index (χ0n) is 10.3. The third-order valence-electron chi connectivity index (χ3n) is 3.34. The van der Waals surface area contributed by atoms with Crippen LogP contribution in [0.2, 0.25) is 0 Å². The average molecular weight is 244 g/mol. The fraction of sp³-hybridized carbons (Fsp3) is 0.357. The lowest BCUT2D eigenvalue weighted by atomic mass is 10.0. The molecule has 94 valence electrons. The number of para-hydroxylation sites is 1. The van der Waals surface area contributed by atoms with Gasteiger partial charge in [0.15, 0.2) is 0 Å². The lowest BCUT2D eigenvalue weighted by Gasteiger charge is -2.25. The Morgan fingerprint density at radius 3 is 2.94 bits per heavy atom. The standard InChI is InChI=1S/C14H16N2O2/c1-9-14(11-4-2-3-5-12(11)15-9)16-13(17)6-10-7-18-8-10/h2-5,10,15H,6-8H2,1H3,(H,16,17). The number of fused-ring (bicyclic) bond motifs is 1. The van der Waals surface area contributed by atoms with Crippen molar-refractivity contribution >= 4 is 22.5 Å². The molecule has 0 atom stereocenters. The van der Waals surface area contributed by atoms with Gasteiger partial charge in [0.2, 0.25) is 5.91 Å². The number of anilines is 1. The highest BCUT2D eigenvalue weighted by Gasteiger charge is 2.22. The Labute approximate surface area is 105 Å². The molecular weight excluding hydrogens is 228 g/mol. The van der Waals surface area contributed by atoms with E-state index in [1.54, 1.807) is 0 Å². The smallest absolute Gasteiger partial charge is 0.224 e. The second-order valence-electron chi connectivity index (χ2n) is 4.83. The van der Waals surface area contributed by atoms with Gasteiger partial charge < -0.3 is 15.0 Å². The SMILES string of the molecule is Cc1[nH]c2ccccc2c1NC(=O)CC1COC1. The van der Waals surface area contributed by atoms with Gasteiger partial charge in [-0.2, -0.15) is 0 Å². The van der Waals surface area contributed by atoms with E-state index in [4.69, 9.17) is 4.74 Å². The molecule has 1 aromatic carbocycles. The molecule has 1 aliphatic heterocycles. The summed E-state index contributed by atoms with van der Waals surface area (Å²) < 4.78 is 5.08. The van der Waals surface area contributed by atoms with Crippen molar-refractivity contribution in [1.82, 2.24) is 4.98 Å². The van der Waals surface area contributed by atoms with Crippen molar-refractivity contribution in [1.29, 1.82) is 0 Å². The zero-order chi connectivity index (χ0) is 12.5. The number of aromatic nitrogens is 1. The molecule has 4 nitrogen and oxygen atoms in total. The first-order valence-electron chi connectivity index (χ1n) is 6.19. The van der Waals surface area contributed by atoms with E-state index in [1.807, 2.05) is 31.2 Å². The molecule has 0 bridgehead atoms. The van der Waals surface area contributed by atoms with Gasteiger partial charge in [-0.25, -0.2) is 0 Å². The minimum Gasteiger partial charge on any atom is -0.381 e. The molecule has 0 unspecified atom stereocenters. The topological polar surface area (TPSA) is 54.1 Å². The fourth-order valence-electron chi connectivity index (χ4n) is 2.29. The molecule has 0 saturated carbocycles. The van der Waals surface area contributed by atoms with Crippen LogP contribution in [0.15, 0.2) is 24.3 Å². The molecule has 4 heteroatoms. The van der Waals surface area contributed by atoms with Crippen molar-refractivity contribution in [2.75, 3.05) is 18.5 Å². The maximum Gasteiger partial charge on any atom is 0.224 e. The quantitative estimate of drug-likeness (QED) is 0.871. The number of ether oxygens (including phenoxy) is 1. The van der Waals surface area contributed by atoms with Crippen LogP contribution in [0.4, 0.5) is 5.69 Å². The average Bonchev–Trinajstić information content (AvgIpc) is 2.61. The third kappa shape index (κ3) is 1.99. The van der Waals surface area contributed by atoms with Crippen LogP contribution in [0.25, 0.3) is 10.9 Å². The second kappa shape index (κ2) is 4.46. The fourth-order valence-corrected chi connectivity index (χ4v) is 2.29. The first-order chi connectivity index (χ1) is 8.74. The number of carbonyl (C=O) groups is 1. The largest absolute Gasteiger partial charge is 0.381 e. The van der Waals surface area contributed by atoms with Gasteiger partial charge in [-0.05, 0) is 13.0 Å². The summed E-state index contributed by atoms with van der Waals surface area (Å²) in [7, 11) is 0. The van der Waals surface area contributed by atoms with Crippen LogP contribution >= 0.6 is 0 Å². The van der Waals surface area contributed by atoms with Crippen molar-refractivity contribution in [2.24, 2.45) is 5.92 Å². The Balaban J connectivity index is 1.80. The van der Waals surface area contributed by atoms with Gasteiger partial charge in [0.1, 0.15) is 0 Å². The number of aromatic amines is 1. The summed E-state index contributed by atoms with van der Waals surface area (Å²) in [6, 6.07) is 7.99. The molecule has 0 radical (unpaired) electrons. The van der Waals surface area contributed by atoms with Crippen molar-refractivity contribution < 1.29 is 9.53 Å². The summed E-state index contributed by atoms with van der Waals surface area (Å²) >= 11 is 0. The van der Waals surface area contributed by atoms with E-state index in [2.05, 4.69) is 10.3 Å². The van der Waals surface area contributed by atoms with E-state index < -0.39 is 0 Å². The highest BCUT2D eigenvalue weighted by Crippen LogP contribution is 2.27. The van der Waals surface area contributed by atoms with E-state index in [-0.39, 0.29) is 5.91 Å². The molecule has 1 fully saturated rings. The van der Waals surface area contributed by atoms with Crippen LogP contribution in [0.5, 0.6) is 0 Å². The Hall–Kier alpha value is -1.81. The van der Waals surface area contributed by atoms with Crippen molar-refractivity contribution in [3.63, 3.8) is 0 Å². The van der Waals surface area contributed by atoms with Crippen molar-refractivity contribution in [3.05, 3.63) is 30.0 Å². The lowest BCUT2D eigenvalue weighted by molar-refractivity contribution is -0.121. The number of aryl methyl sites for hydroxylation is 1. The summed E-state index contributed by atoms with van der Waals surface area (Å²) in [5, 5.41) is 4.07. The molecule has 0 aliphatic carbocycles. The summed E-state index contributed by atoms with van der Waals surface area (Å²) in [5.41, 5.74) is 2.95. The summed E-state index contributed by atoms with van der Waals surface area (Å²) in [4.78, 5) is 15.2. The van der Waals surface area contributed by atoms with Crippen LogP contribution in [-0.2, 0) is 9.53 Å². The summed E-state index contributed by atoms with van der Waals surface area (Å²) in [6.45, 7) is 3.39. The molecule has 0 spiro atoms. The normalized spacial score (nSPS) is 15.6. The number of amides is 1.